The lowest BCUT2D eigenvalue weighted by atomic mass is 10.1. The maximum atomic E-state index is 13.1. The molecule has 0 fully saturated rings. The van der Waals surface area contributed by atoms with Crippen LogP contribution in [-0.2, 0) is 24.4 Å². The molecule has 178 valence electrons. The first-order chi connectivity index (χ1) is 16.9. The second kappa shape index (κ2) is 11.0. The number of carbonyl (C=O) groups is 2. The number of hydrogen-bond donors (Lipinski definition) is 1. The van der Waals surface area contributed by atoms with Gasteiger partial charge in [0.2, 0.25) is 5.91 Å². The molecule has 1 aromatic heterocycles. The van der Waals surface area contributed by atoms with Crippen molar-refractivity contribution in [2.45, 2.75) is 26.6 Å². The number of nitrogens with zero attached hydrogens (tertiary/aromatic N) is 3. The van der Waals surface area contributed by atoms with Crippen molar-refractivity contribution in [3.05, 3.63) is 112 Å². The number of nitrogens with one attached hydrogen (secondary N) is 1. The van der Waals surface area contributed by atoms with Crippen molar-refractivity contribution in [2.75, 3.05) is 7.05 Å². The number of amides is 2. The molecule has 7 heteroatoms. The van der Waals surface area contributed by atoms with Gasteiger partial charge >= 0.3 is 0 Å². The zero-order valence-corrected chi connectivity index (χ0v) is 20.5. The van der Waals surface area contributed by atoms with Gasteiger partial charge in [0, 0.05) is 55.0 Å². The van der Waals surface area contributed by atoms with Gasteiger partial charge in [0.1, 0.15) is 0 Å². The van der Waals surface area contributed by atoms with E-state index in [-0.39, 0.29) is 11.8 Å². The molecule has 3 aromatic carbocycles. The highest BCUT2D eigenvalue weighted by Crippen LogP contribution is 2.25. The Hall–Kier alpha value is -3.90. The minimum atomic E-state index is -0.0889. The largest absolute Gasteiger partial charge is 0.352 e. The topological polar surface area (TPSA) is 67.2 Å². The molecule has 0 spiro atoms. The third-order valence-corrected chi connectivity index (χ3v) is 6.04. The van der Waals surface area contributed by atoms with Gasteiger partial charge in [-0.1, -0.05) is 72.3 Å². The normalized spacial score (nSPS) is 10.7. The maximum absolute atomic E-state index is 13.1. The minimum absolute atomic E-state index is 0.0887. The predicted molar refractivity (Wildman–Crippen MR) is 138 cm³/mol. The summed E-state index contributed by atoms with van der Waals surface area (Å²) >= 11 is 6.36. The van der Waals surface area contributed by atoms with Crippen molar-refractivity contribution in [1.82, 2.24) is 20.0 Å². The van der Waals surface area contributed by atoms with E-state index in [2.05, 4.69) is 5.32 Å². The summed E-state index contributed by atoms with van der Waals surface area (Å²) in [4.78, 5) is 25.9. The monoisotopic (exact) mass is 486 g/mol. The third kappa shape index (κ3) is 6.16. The van der Waals surface area contributed by atoms with Gasteiger partial charge < -0.3 is 10.2 Å². The summed E-state index contributed by atoms with van der Waals surface area (Å²) in [7, 11) is 1.79. The first kappa shape index (κ1) is 24.2. The van der Waals surface area contributed by atoms with E-state index in [9.17, 15) is 9.59 Å². The van der Waals surface area contributed by atoms with Crippen LogP contribution in [-0.4, -0.2) is 33.5 Å². The van der Waals surface area contributed by atoms with Crippen LogP contribution in [0.5, 0.6) is 0 Å². The average molecular weight is 487 g/mol. The average Bonchev–Trinajstić information content (AvgIpc) is 3.26. The fourth-order valence-electron chi connectivity index (χ4n) is 3.84. The highest BCUT2D eigenvalue weighted by Gasteiger charge is 2.18. The van der Waals surface area contributed by atoms with Gasteiger partial charge in [-0.05, 0) is 29.3 Å². The highest BCUT2D eigenvalue weighted by molar-refractivity contribution is 6.31. The lowest BCUT2D eigenvalue weighted by molar-refractivity contribution is -0.119. The van der Waals surface area contributed by atoms with Gasteiger partial charge in [0.25, 0.3) is 5.91 Å². The Kier molecular flexibility index (Phi) is 7.63. The maximum Gasteiger partial charge on any atom is 0.253 e. The zero-order valence-electron chi connectivity index (χ0n) is 19.7. The molecule has 0 bridgehead atoms. The predicted octanol–water partition coefficient (Wildman–Crippen LogP) is 5.16. The summed E-state index contributed by atoms with van der Waals surface area (Å²) in [5.74, 6) is -0.178. The van der Waals surface area contributed by atoms with Gasteiger partial charge in [-0.25, -0.2) is 0 Å². The van der Waals surface area contributed by atoms with E-state index < -0.39 is 0 Å². The Morgan fingerprint density at radius 1 is 0.943 bits per heavy atom. The van der Waals surface area contributed by atoms with E-state index in [0.717, 1.165) is 27.9 Å². The van der Waals surface area contributed by atoms with Crippen LogP contribution in [0.1, 0.15) is 34.0 Å². The van der Waals surface area contributed by atoms with Crippen molar-refractivity contribution >= 4 is 23.4 Å². The molecule has 4 rings (SSSR count). The van der Waals surface area contributed by atoms with Crippen molar-refractivity contribution in [3.63, 3.8) is 0 Å². The van der Waals surface area contributed by atoms with Gasteiger partial charge in [-0.3, -0.25) is 14.3 Å². The fraction of sp³-hybridized carbons (Fsp3) is 0.179. The molecule has 1 N–H and O–H groups in total. The fourth-order valence-corrected chi connectivity index (χ4v) is 4.03. The van der Waals surface area contributed by atoms with Crippen molar-refractivity contribution in [2.24, 2.45) is 0 Å². The number of rotatable bonds is 8. The quantitative estimate of drug-likeness (QED) is 0.374. The van der Waals surface area contributed by atoms with Crippen molar-refractivity contribution in [3.8, 4) is 11.3 Å². The Labute approximate surface area is 210 Å². The number of benzene rings is 3. The van der Waals surface area contributed by atoms with Crippen molar-refractivity contribution in [1.29, 1.82) is 0 Å². The molecule has 0 unspecified atom stereocenters. The van der Waals surface area contributed by atoms with E-state index in [4.69, 9.17) is 16.7 Å². The molecular weight excluding hydrogens is 460 g/mol. The molecule has 0 aliphatic carbocycles. The molecule has 6 nitrogen and oxygen atoms in total. The number of hydrogen-bond acceptors (Lipinski definition) is 3. The Morgan fingerprint density at radius 2 is 1.63 bits per heavy atom. The molecule has 0 saturated heterocycles. The Morgan fingerprint density at radius 3 is 2.31 bits per heavy atom. The lowest BCUT2D eigenvalue weighted by Gasteiger charge is -2.17. The van der Waals surface area contributed by atoms with Gasteiger partial charge in [-0.15, -0.1) is 0 Å². The molecule has 1 heterocycles. The molecule has 0 radical (unpaired) electrons. The number of halogens is 1. The lowest BCUT2D eigenvalue weighted by Crippen LogP contribution is -2.26. The summed E-state index contributed by atoms with van der Waals surface area (Å²) in [5, 5.41) is 8.29. The molecular formula is C28H27ClN4O2. The number of aromatic nitrogens is 2. The Bertz CT molecular complexity index is 1320. The molecule has 0 atom stereocenters. The van der Waals surface area contributed by atoms with Crippen LogP contribution >= 0.6 is 11.6 Å². The van der Waals surface area contributed by atoms with Gasteiger partial charge in [-0.2, -0.15) is 5.10 Å². The summed E-state index contributed by atoms with van der Waals surface area (Å²) in [5.41, 5.74) is 5.27. The highest BCUT2D eigenvalue weighted by atomic mass is 35.5. The van der Waals surface area contributed by atoms with Crippen molar-refractivity contribution < 1.29 is 9.59 Å². The summed E-state index contributed by atoms with van der Waals surface area (Å²) in [6, 6.07) is 24.9. The SMILES string of the molecule is CC(=O)NCc1ccc(C(=O)N(C)Cc2cn(Cc3ccccc3Cl)nc2-c2ccccc2)cc1. The smallest absolute Gasteiger partial charge is 0.253 e. The van der Waals surface area contributed by atoms with E-state index in [1.54, 1.807) is 24.1 Å². The molecule has 35 heavy (non-hydrogen) atoms. The number of carbonyl (C=O) groups excluding carboxylic acids is 2. The molecule has 0 aliphatic heterocycles. The second-order valence-electron chi connectivity index (χ2n) is 8.43. The Balaban J connectivity index is 1.55. The van der Waals surface area contributed by atoms with E-state index in [1.165, 1.54) is 6.92 Å². The van der Waals surface area contributed by atoms with Crippen LogP contribution in [0.2, 0.25) is 5.02 Å². The molecule has 2 amide bonds. The van der Waals surface area contributed by atoms with Gasteiger partial charge in [0.05, 0.1) is 12.2 Å². The summed E-state index contributed by atoms with van der Waals surface area (Å²) in [6.07, 6.45) is 1.98. The van der Waals surface area contributed by atoms with Crippen LogP contribution in [0, 0.1) is 0 Å². The molecule has 0 saturated carbocycles. The van der Waals surface area contributed by atoms with Crippen LogP contribution in [0.3, 0.4) is 0 Å². The van der Waals surface area contributed by atoms with Crippen LogP contribution in [0.4, 0.5) is 0 Å². The van der Waals surface area contributed by atoms with E-state index in [1.807, 2.05) is 77.6 Å². The van der Waals surface area contributed by atoms with E-state index in [0.29, 0.717) is 30.2 Å². The van der Waals surface area contributed by atoms with Crippen LogP contribution < -0.4 is 5.32 Å². The van der Waals surface area contributed by atoms with Crippen LogP contribution in [0.15, 0.2) is 85.1 Å². The standard InChI is InChI=1S/C28H27ClN4O2/c1-20(34)30-16-21-12-14-23(15-13-21)28(35)32(2)17-25-19-33(18-24-10-6-7-11-26(24)29)31-27(25)22-8-4-3-5-9-22/h3-15,19H,16-18H2,1-2H3,(H,30,34). The molecule has 4 aromatic rings. The minimum Gasteiger partial charge on any atom is -0.352 e. The third-order valence-electron chi connectivity index (χ3n) is 5.67. The molecule has 0 aliphatic rings. The van der Waals surface area contributed by atoms with Gasteiger partial charge in [0.15, 0.2) is 0 Å². The zero-order chi connectivity index (χ0) is 24.8. The van der Waals surface area contributed by atoms with Crippen LogP contribution in [0.25, 0.3) is 11.3 Å². The summed E-state index contributed by atoms with van der Waals surface area (Å²) in [6.45, 7) is 2.85. The summed E-state index contributed by atoms with van der Waals surface area (Å²) < 4.78 is 1.87. The first-order valence-electron chi connectivity index (χ1n) is 11.3. The second-order valence-corrected chi connectivity index (χ2v) is 8.83. The van der Waals surface area contributed by atoms with E-state index >= 15 is 0 Å². The first-order valence-corrected chi connectivity index (χ1v) is 11.7.